The van der Waals surface area contributed by atoms with Crippen LogP contribution in [-0.4, -0.2) is 62.8 Å². The number of ether oxygens (including phenoxy) is 3. The smallest absolute Gasteiger partial charge is 0.307 e. The number of carbonyl (C=O) groups is 3. The molecule has 7 heteroatoms. The Labute approximate surface area is 423 Å². The molecule has 402 valence electrons. The Hall–Kier alpha value is -1.63. The van der Waals surface area contributed by atoms with Crippen LogP contribution in [0.3, 0.4) is 0 Å². The second-order valence-electron chi connectivity index (χ2n) is 21.9. The van der Waals surface area contributed by atoms with Crippen molar-refractivity contribution in [2.45, 2.75) is 323 Å². The van der Waals surface area contributed by atoms with Crippen LogP contribution in [-0.2, 0) is 28.6 Å². The van der Waals surface area contributed by atoms with Gasteiger partial charge in [0.25, 0.3) is 0 Å². The fraction of sp³-hybridized carbons (Fsp3) is 0.951. The summed E-state index contributed by atoms with van der Waals surface area (Å²) < 4.78 is 17.0. The van der Waals surface area contributed by atoms with E-state index in [1.54, 1.807) is 0 Å². The third kappa shape index (κ3) is 42.1. The lowest BCUT2D eigenvalue weighted by molar-refractivity contribution is -0.145. The van der Waals surface area contributed by atoms with Gasteiger partial charge in [-0.05, 0) is 69.9 Å². The fourth-order valence-corrected chi connectivity index (χ4v) is 10.4. The molecule has 1 fully saturated rings. The Morgan fingerprint density at radius 1 is 0.368 bits per heavy atom. The van der Waals surface area contributed by atoms with Gasteiger partial charge in [-0.15, -0.1) is 0 Å². The first-order valence-electron chi connectivity index (χ1n) is 30.5. The molecule has 1 rings (SSSR count). The van der Waals surface area contributed by atoms with Gasteiger partial charge in [0.15, 0.2) is 0 Å². The van der Waals surface area contributed by atoms with Crippen molar-refractivity contribution in [1.82, 2.24) is 4.90 Å². The summed E-state index contributed by atoms with van der Waals surface area (Å²) in [5.41, 5.74) is 0.0268. The number of hydrogen-bond donors (Lipinski definition) is 0. The van der Waals surface area contributed by atoms with Crippen molar-refractivity contribution >= 4 is 17.9 Å². The molecule has 0 saturated heterocycles. The predicted molar refractivity (Wildman–Crippen MR) is 290 cm³/mol. The van der Waals surface area contributed by atoms with E-state index in [0.29, 0.717) is 45.6 Å². The van der Waals surface area contributed by atoms with Crippen molar-refractivity contribution < 1.29 is 28.6 Å². The van der Waals surface area contributed by atoms with Crippen LogP contribution in [0.2, 0.25) is 0 Å². The highest BCUT2D eigenvalue weighted by Crippen LogP contribution is 2.61. The van der Waals surface area contributed by atoms with E-state index in [1.807, 2.05) is 0 Å². The summed E-state index contributed by atoms with van der Waals surface area (Å²) in [4.78, 5) is 40.6. The molecule has 0 N–H and O–H groups in total. The zero-order valence-electron chi connectivity index (χ0n) is 46.2. The maximum Gasteiger partial charge on any atom is 0.307 e. The molecule has 1 saturated carbocycles. The fourth-order valence-electron chi connectivity index (χ4n) is 10.4. The van der Waals surface area contributed by atoms with Crippen molar-refractivity contribution in [3.05, 3.63) is 0 Å². The number of rotatable bonds is 55. The molecule has 1 aliphatic carbocycles. The lowest BCUT2D eigenvalue weighted by Gasteiger charge is -2.19. The van der Waals surface area contributed by atoms with Gasteiger partial charge in [0.2, 0.25) is 0 Å². The van der Waals surface area contributed by atoms with Crippen molar-refractivity contribution in [2.75, 3.05) is 40.0 Å². The molecule has 0 bridgehead atoms. The number of nitrogens with zero attached hydrogens (tertiary/aromatic N) is 1. The largest absolute Gasteiger partial charge is 0.466 e. The summed E-state index contributed by atoms with van der Waals surface area (Å²) >= 11 is 0. The SMILES string of the molecule is CCCCCCCCCCCCCCCOC(=O)CCN(C)CCCCC1(CCC(=O)OCCCCCCCCCCCCCCC)CC1CC(=O)OCCCCCCCCCCCCCCC. The molecule has 2 unspecified atom stereocenters. The number of unbranched alkanes of at least 4 members (excludes halogenated alkanes) is 37. The first-order valence-corrected chi connectivity index (χ1v) is 30.5. The van der Waals surface area contributed by atoms with Gasteiger partial charge in [0, 0.05) is 19.4 Å². The molecule has 1 aliphatic rings. The average Bonchev–Trinajstić information content (AvgIpc) is 4.02. The zero-order valence-corrected chi connectivity index (χ0v) is 46.2. The summed E-state index contributed by atoms with van der Waals surface area (Å²) in [6.07, 6.45) is 57.2. The Morgan fingerprint density at radius 3 is 1.03 bits per heavy atom. The molecule has 0 heterocycles. The predicted octanol–water partition coefficient (Wildman–Crippen LogP) is 18.6. The molecule has 68 heavy (non-hydrogen) atoms. The summed E-state index contributed by atoms with van der Waals surface area (Å²) in [7, 11) is 2.09. The number of hydrogen-bond acceptors (Lipinski definition) is 7. The summed E-state index contributed by atoms with van der Waals surface area (Å²) in [6.45, 7) is 10.1. The number of carbonyl (C=O) groups excluding carboxylic acids is 3. The third-order valence-electron chi connectivity index (χ3n) is 15.3. The zero-order chi connectivity index (χ0) is 49.3. The lowest BCUT2D eigenvalue weighted by atomic mass is 9.89. The van der Waals surface area contributed by atoms with Crippen LogP contribution in [0.5, 0.6) is 0 Å². The van der Waals surface area contributed by atoms with E-state index in [1.165, 1.54) is 212 Å². The van der Waals surface area contributed by atoms with E-state index in [4.69, 9.17) is 14.2 Å². The first kappa shape index (κ1) is 64.4. The van der Waals surface area contributed by atoms with Crippen LogP contribution < -0.4 is 0 Å². The molecule has 0 amide bonds. The molecular weight excluding hydrogens is 843 g/mol. The highest BCUT2D eigenvalue weighted by molar-refractivity contribution is 5.71. The monoisotopic (exact) mass is 960 g/mol. The first-order chi connectivity index (χ1) is 33.4. The van der Waals surface area contributed by atoms with E-state index < -0.39 is 0 Å². The van der Waals surface area contributed by atoms with Crippen molar-refractivity contribution in [3.63, 3.8) is 0 Å². The Kier molecular flexibility index (Phi) is 46.4. The molecule has 0 radical (unpaired) electrons. The molecule has 0 aliphatic heterocycles. The van der Waals surface area contributed by atoms with Gasteiger partial charge in [-0.25, -0.2) is 0 Å². The third-order valence-corrected chi connectivity index (χ3v) is 15.3. The van der Waals surface area contributed by atoms with Crippen molar-refractivity contribution in [2.24, 2.45) is 11.3 Å². The highest BCUT2D eigenvalue weighted by atomic mass is 16.5. The summed E-state index contributed by atoms with van der Waals surface area (Å²) in [5, 5.41) is 0. The molecule has 0 spiro atoms. The van der Waals surface area contributed by atoms with Crippen molar-refractivity contribution in [1.29, 1.82) is 0 Å². The second-order valence-corrected chi connectivity index (χ2v) is 21.9. The standard InChI is InChI=1S/C61H117NO6/c1-5-8-11-14-17-20-23-26-29-32-35-38-43-52-66-58(63)46-49-61(56-57(61)55-60(65)68-54-45-40-37-34-31-28-25-22-19-16-13-10-7-3)48-41-42-50-62(4)51-47-59(64)67-53-44-39-36-33-30-27-24-21-18-15-12-9-6-2/h57H,5-56H2,1-4H3. The van der Waals surface area contributed by atoms with Crippen LogP contribution >= 0.6 is 0 Å². The Morgan fingerprint density at radius 2 is 0.676 bits per heavy atom. The number of esters is 3. The van der Waals surface area contributed by atoms with Crippen LogP contribution in [0.15, 0.2) is 0 Å². The van der Waals surface area contributed by atoms with E-state index >= 15 is 0 Å². The van der Waals surface area contributed by atoms with Gasteiger partial charge in [0.05, 0.1) is 26.2 Å². The van der Waals surface area contributed by atoms with E-state index in [0.717, 1.165) is 77.2 Å². The minimum Gasteiger partial charge on any atom is -0.466 e. The van der Waals surface area contributed by atoms with Gasteiger partial charge in [-0.2, -0.15) is 0 Å². The second kappa shape index (κ2) is 49.0. The molecule has 2 atom stereocenters. The van der Waals surface area contributed by atoms with Gasteiger partial charge in [-0.3, -0.25) is 14.4 Å². The molecule has 0 aromatic heterocycles. The van der Waals surface area contributed by atoms with Crippen LogP contribution in [0, 0.1) is 11.3 Å². The molecule has 0 aromatic carbocycles. The molecule has 0 aromatic rings. The van der Waals surface area contributed by atoms with E-state index in [-0.39, 0.29) is 29.2 Å². The van der Waals surface area contributed by atoms with Gasteiger partial charge in [0.1, 0.15) is 0 Å². The quantitative estimate of drug-likeness (QED) is 0.0341. The van der Waals surface area contributed by atoms with Crippen LogP contribution in [0.4, 0.5) is 0 Å². The Balaban J connectivity index is 2.31. The van der Waals surface area contributed by atoms with Crippen LogP contribution in [0.25, 0.3) is 0 Å². The molecule has 7 nitrogen and oxygen atoms in total. The van der Waals surface area contributed by atoms with E-state index in [2.05, 4.69) is 32.7 Å². The Bertz CT molecular complexity index is 1110. The summed E-state index contributed by atoms with van der Waals surface area (Å²) in [6, 6.07) is 0. The average molecular weight is 961 g/mol. The normalized spacial score (nSPS) is 15.6. The highest BCUT2D eigenvalue weighted by Gasteiger charge is 2.53. The maximum atomic E-state index is 13.0. The minimum absolute atomic E-state index is 0.0268. The maximum absolute atomic E-state index is 13.0. The lowest BCUT2D eigenvalue weighted by Crippen LogP contribution is -2.24. The van der Waals surface area contributed by atoms with E-state index in [9.17, 15) is 14.4 Å². The van der Waals surface area contributed by atoms with Gasteiger partial charge < -0.3 is 19.1 Å². The van der Waals surface area contributed by atoms with Crippen LogP contribution in [0.1, 0.15) is 323 Å². The summed E-state index contributed by atoms with van der Waals surface area (Å²) in [5.74, 6) is 0.0524. The van der Waals surface area contributed by atoms with Gasteiger partial charge in [-0.1, -0.05) is 258 Å². The molecular formula is C61H117NO6. The van der Waals surface area contributed by atoms with Gasteiger partial charge >= 0.3 is 17.9 Å². The minimum atomic E-state index is -0.0856. The topological polar surface area (TPSA) is 82.1 Å². The van der Waals surface area contributed by atoms with Crippen molar-refractivity contribution in [3.8, 4) is 0 Å².